The quantitative estimate of drug-likeness (QED) is 0.0973. The van der Waals surface area contributed by atoms with Gasteiger partial charge in [-0.25, -0.2) is 9.59 Å². The molecule has 0 saturated carbocycles. The third-order valence-corrected chi connectivity index (χ3v) is 13.7. The normalized spacial score (nSPS) is 24.0. The van der Waals surface area contributed by atoms with Crippen LogP contribution in [0.15, 0.2) is 35.5 Å². The number of β-lactam (4-membered cyclic amide) rings is 1. The van der Waals surface area contributed by atoms with Crippen molar-refractivity contribution in [2.45, 2.75) is 77.7 Å². The Hall–Kier alpha value is -2.89. The van der Waals surface area contributed by atoms with E-state index < -0.39 is 25.2 Å². The number of non-ortho nitro benzene ring substituents is 1. The Kier molecular flexibility index (Phi) is 8.72. The summed E-state index contributed by atoms with van der Waals surface area (Å²) in [6.45, 7) is 12.9. The van der Waals surface area contributed by atoms with E-state index in [4.69, 9.17) is 9.16 Å². The highest BCUT2D eigenvalue weighted by Crippen LogP contribution is 2.49. The minimum Gasteiger partial charge on any atom is -0.413 e. The zero-order chi connectivity index (χ0) is 28.5. The number of carbonyl (C=O) groups excluding carboxylic acids is 3. The van der Waals surface area contributed by atoms with E-state index >= 15 is 0 Å². The molecule has 212 valence electrons. The number of hydrogen-bond acceptors (Lipinski definition) is 8. The number of ether oxygens (including phenoxy) is 1. The van der Waals surface area contributed by atoms with Gasteiger partial charge in [-0.3, -0.25) is 19.8 Å². The Morgan fingerprint density at radius 2 is 1.67 bits per heavy atom. The SMILES string of the molecule is CC[Si](CC)(CC)O[C@H](C)C1C(=O)N2C(C(=O)OC(=O)c3ccc([N+](=O)[O-])cc3)=C(CN3CCCC3)[C@H](C)[C@H]12. The van der Waals surface area contributed by atoms with Crippen molar-refractivity contribution in [2.24, 2.45) is 11.8 Å². The summed E-state index contributed by atoms with van der Waals surface area (Å²) < 4.78 is 11.9. The molecule has 2 fully saturated rings. The second-order valence-electron chi connectivity index (χ2n) is 10.9. The van der Waals surface area contributed by atoms with E-state index in [-0.39, 0.29) is 46.8 Å². The number of hydrogen-bond donors (Lipinski definition) is 0. The van der Waals surface area contributed by atoms with E-state index in [0.717, 1.165) is 49.6 Å². The predicted molar refractivity (Wildman–Crippen MR) is 147 cm³/mol. The number of likely N-dealkylation sites (tertiary alicyclic amines) is 1. The molecule has 4 atom stereocenters. The summed E-state index contributed by atoms with van der Waals surface area (Å²) in [6.07, 6.45) is 1.90. The molecule has 0 radical (unpaired) electrons. The maximum Gasteiger partial charge on any atom is 0.362 e. The second kappa shape index (κ2) is 11.7. The van der Waals surface area contributed by atoms with Crippen LogP contribution in [-0.2, 0) is 18.8 Å². The molecule has 1 aromatic rings. The van der Waals surface area contributed by atoms with Crippen molar-refractivity contribution in [1.82, 2.24) is 9.80 Å². The highest BCUT2D eigenvalue weighted by molar-refractivity contribution is 6.73. The molecule has 11 heteroatoms. The minimum absolute atomic E-state index is 0.0214. The van der Waals surface area contributed by atoms with Gasteiger partial charge < -0.3 is 14.1 Å². The van der Waals surface area contributed by atoms with Crippen LogP contribution in [0.2, 0.25) is 18.1 Å². The molecule has 2 saturated heterocycles. The van der Waals surface area contributed by atoms with Crippen molar-refractivity contribution < 1.29 is 28.5 Å². The standard InChI is InChI=1S/C28H39N3O7Si/c1-6-39(7-2,8-3)38-19(5)23-24-18(4)22(17-29-15-9-10-16-29)25(30(24)26(23)32)28(34)37-27(33)20-11-13-21(14-12-20)31(35)36/h11-14,18-19,23-24H,6-10,15-17H2,1-5H3/t18-,19+,23?,24+/m0/s1. The largest absolute Gasteiger partial charge is 0.413 e. The maximum absolute atomic E-state index is 13.6. The van der Waals surface area contributed by atoms with E-state index in [1.54, 1.807) is 0 Å². The first-order valence-electron chi connectivity index (χ1n) is 14.0. The van der Waals surface area contributed by atoms with Gasteiger partial charge in [0, 0.05) is 24.6 Å². The van der Waals surface area contributed by atoms with E-state index in [1.165, 1.54) is 29.2 Å². The fourth-order valence-corrected chi connectivity index (χ4v) is 9.32. The smallest absolute Gasteiger partial charge is 0.362 e. The Morgan fingerprint density at radius 3 is 2.21 bits per heavy atom. The van der Waals surface area contributed by atoms with Gasteiger partial charge in [0.15, 0.2) is 8.32 Å². The van der Waals surface area contributed by atoms with Gasteiger partial charge >= 0.3 is 11.9 Å². The molecule has 3 aliphatic heterocycles. The molecule has 0 bridgehead atoms. The van der Waals surface area contributed by atoms with Gasteiger partial charge in [-0.15, -0.1) is 0 Å². The fraction of sp³-hybridized carbons (Fsp3) is 0.607. The van der Waals surface area contributed by atoms with Crippen LogP contribution in [0.4, 0.5) is 5.69 Å². The van der Waals surface area contributed by atoms with E-state index in [0.29, 0.717) is 6.54 Å². The van der Waals surface area contributed by atoms with Gasteiger partial charge in [0.25, 0.3) is 5.69 Å². The van der Waals surface area contributed by atoms with Crippen molar-refractivity contribution in [3.8, 4) is 0 Å². The summed E-state index contributed by atoms with van der Waals surface area (Å²) in [5.74, 6) is -2.39. The molecule has 1 aromatic carbocycles. The summed E-state index contributed by atoms with van der Waals surface area (Å²) in [5, 5.41) is 10.9. The molecular formula is C28H39N3O7Si. The van der Waals surface area contributed by atoms with Crippen LogP contribution in [0.25, 0.3) is 0 Å². The van der Waals surface area contributed by atoms with Gasteiger partial charge in [0.05, 0.1) is 28.6 Å². The predicted octanol–water partition coefficient (Wildman–Crippen LogP) is 4.52. The van der Waals surface area contributed by atoms with Crippen molar-refractivity contribution in [3.05, 3.63) is 51.2 Å². The first-order valence-corrected chi connectivity index (χ1v) is 16.6. The Balaban J connectivity index is 1.58. The fourth-order valence-electron chi connectivity index (χ4n) is 6.39. The number of nitro groups is 1. The average molecular weight is 558 g/mol. The van der Waals surface area contributed by atoms with Gasteiger partial charge in [-0.1, -0.05) is 27.7 Å². The maximum atomic E-state index is 13.6. The number of esters is 2. The first-order chi connectivity index (χ1) is 18.6. The Labute approximate surface area is 230 Å². The number of rotatable bonds is 11. The minimum atomic E-state index is -1.95. The van der Waals surface area contributed by atoms with Crippen LogP contribution in [0.5, 0.6) is 0 Å². The molecule has 3 heterocycles. The topological polar surface area (TPSA) is 119 Å². The Morgan fingerprint density at radius 1 is 1.08 bits per heavy atom. The molecule has 4 rings (SSSR count). The van der Waals surface area contributed by atoms with Crippen LogP contribution in [0.3, 0.4) is 0 Å². The lowest BCUT2D eigenvalue weighted by molar-refractivity contribution is -0.384. The molecule has 0 aromatic heterocycles. The molecule has 3 aliphatic rings. The van der Waals surface area contributed by atoms with Gasteiger partial charge in [-0.05, 0) is 68.7 Å². The Bertz CT molecular complexity index is 1150. The zero-order valence-corrected chi connectivity index (χ0v) is 24.5. The van der Waals surface area contributed by atoms with Crippen molar-refractivity contribution in [2.75, 3.05) is 19.6 Å². The summed E-state index contributed by atoms with van der Waals surface area (Å²) in [6, 6.07) is 7.60. The highest BCUT2D eigenvalue weighted by Gasteiger charge is 2.61. The number of nitrogens with zero attached hydrogens (tertiary/aromatic N) is 3. The van der Waals surface area contributed by atoms with Crippen molar-refractivity contribution >= 4 is 31.9 Å². The molecule has 1 unspecified atom stereocenters. The third-order valence-electron chi connectivity index (χ3n) is 8.96. The summed E-state index contributed by atoms with van der Waals surface area (Å²) in [7, 11) is -1.95. The molecule has 0 spiro atoms. The monoisotopic (exact) mass is 557 g/mol. The summed E-state index contributed by atoms with van der Waals surface area (Å²) in [5.41, 5.74) is 0.827. The molecule has 1 amide bonds. The number of nitro benzene ring substituents is 1. The first kappa shape index (κ1) is 29.1. The second-order valence-corrected chi connectivity index (χ2v) is 15.6. The molecule has 10 nitrogen and oxygen atoms in total. The van der Waals surface area contributed by atoms with Gasteiger partial charge in [0.1, 0.15) is 5.70 Å². The van der Waals surface area contributed by atoms with Crippen LogP contribution in [0.1, 0.15) is 57.8 Å². The third kappa shape index (κ3) is 5.44. The number of fused-ring (bicyclic) bond motifs is 1. The van der Waals surface area contributed by atoms with E-state index in [9.17, 15) is 24.5 Å². The number of amides is 1. The van der Waals surface area contributed by atoms with Crippen LogP contribution in [0, 0.1) is 22.0 Å². The molecule has 0 N–H and O–H groups in total. The lowest BCUT2D eigenvalue weighted by atomic mass is 9.77. The lowest BCUT2D eigenvalue weighted by Crippen LogP contribution is -2.65. The van der Waals surface area contributed by atoms with E-state index in [1.807, 2.05) is 13.8 Å². The average Bonchev–Trinajstić information content (AvgIpc) is 3.52. The molecule has 0 aliphatic carbocycles. The van der Waals surface area contributed by atoms with E-state index in [2.05, 4.69) is 25.7 Å². The summed E-state index contributed by atoms with van der Waals surface area (Å²) in [4.78, 5) is 54.0. The van der Waals surface area contributed by atoms with Crippen molar-refractivity contribution in [1.29, 1.82) is 0 Å². The lowest BCUT2D eigenvalue weighted by Gasteiger charge is -2.49. The summed E-state index contributed by atoms with van der Waals surface area (Å²) >= 11 is 0. The number of benzene rings is 1. The molecular weight excluding hydrogens is 518 g/mol. The zero-order valence-electron chi connectivity index (χ0n) is 23.5. The van der Waals surface area contributed by atoms with Crippen LogP contribution >= 0.6 is 0 Å². The molecule has 39 heavy (non-hydrogen) atoms. The van der Waals surface area contributed by atoms with Crippen molar-refractivity contribution in [3.63, 3.8) is 0 Å². The highest BCUT2D eigenvalue weighted by atomic mass is 28.4. The van der Waals surface area contributed by atoms with Crippen LogP contribution < -0.4 is 0 Å². The number of carbonyl (C=O) groups is 3. The van der Waals surface area contributed by atoms with Gasteiger partial charge in [0.2, 0.25) is 5.91 Å². The van der Waals surface area contributed by atoms with Crippen LogP contribution in [-0.4, -0.2) is 72.7 Å². The van der Waals surface area contributed by atoms with Gasteiger partial charge in [-0.2, -0.15) is 0 Å².